The molecule has 2 aromatic rings. The first-order valence-corrected chi connectivity index (χ1v) is 9.21. The Morgan fingerprint density at radius 3 is 2.30 bits per heavy atom. The van der Waals surface area contributed by atoms with Gasteiger partial charge >= 0.3 is 0 Å². The van der Waals surface area contributed by atoms with Gasteiger partial charge in [-0.05, 0) is 38.0 Å². The molecular formula is C19H21NO2S. The van der Waals surface area contributed by atoms with E-state index in [0.29, 0.717) is 17.9 Å². The van der Waals surface area contributed by atoms with E-state index >= 15 is 0 Å². The molecule has 120 valence electrons. The molecule has 1 heterocycles. The van der Waals surface area contributed by atoms with Crippen LogP contribution < -0.4 is 0 Å². The highest BCUT2D eigenvalue weighted by Crippen LogP contribution is 2.28. The number of benzene rings is 2. The zero-order valence-corrected chi connectivity index (χ0v) is 14.3. The Morgan fingerprint density at radius 1 is 1.00 bits per heavy atom. The summed E-state index contributed by atoms with van der Waals surface area (Å²) in [6, 6.07) is 17.0. The van der Waals surface area contributed by atoms with E-state index in [1.54, 1.807) is 16.4 Å². The van der Waals surface area contributed by atoms with Crippen LogP contribution in [0.1, 0.15) is 18.1 Å². The van der Waals surface area contributed by atoms with Crippen LogP contribution in [0.25, 0.3) is 0 Å². The van der Waals surface area contributed by atoms with Crippen molar-refractivity contribution in [1.29, 1.82) is 0 Å². The van der Waals surface area contributed by atoms with Crippen LogP contribution in [0.15, 0.2) is 71.1 Å². The second kappa shape index (κ2) is 6.30. The highest BCUT2D eigenvalue weighted by Gasteiger charge is 2.35. The van der Waals surface area contributed by atoms with Crippen molar-refractivity contribution in [3.63, 3.8) is 0 Å². The summed E-state index contributed by atoms with van der Waals surface area (Å²) in [7, 11) is -3.48. The molecule has 1 atom stereocenters. The van der Waals surface area contributed by atoms with Crippen molar-refractivity contribution in [1.82, 2.24) is 4.31 Å². The van der Waals surface area contributed by atoms with Gasteiger partial charge in [-0.1, -0.05) is 59.7 Å². The predicted molar refractivity (Wildman–Crippen MR) is 92.8 cm³/mol. The van der Waals surface area contributed by atoms with Crippen LogP contribution in [-0.4, -0.2) is 25.3 Å². The molecule has 0 aliphatic carbocycles. The summed E-state index contributed by atoms with van der Waals surface area (Å²) >= 11 is 0. The number of hydrogen-bond acceptors (Lipinski definition) is 2. The van der Waals surface area contributed by atoms with E-state index < -0.39 is 10.0 Å². The zero-order chi connectivity index (χ0) is 16.4. The monoisotopic (exact) mass is 327 g/mol. The molecule has 0 N–H and O–H groups in total. The number of rotatable bonds is 4. The molecule has 0 aromatic heterocycles. The second-order valence-corrected chi connectivity index (χ2v) is 7.93. The molecule has 4 heteroatoms. The third-order valence-electron chi connectivity index (χ3n) is 4.37. The van der Waals surface area contributed by atoms with Crippen LogP contribution in [0.2, 0.25) is 0 Å². The van der Waals surface area contributed by atoms with Crippen molar-refractivity contribution in [2.75, 3.05) is 6.54 Å². The summed E-state index contributed by atoms with van der Waals surface area (Å²) in [5, 5.41) is 0. The minimum absolute atomic E-state index is 0.108. The Hall–Kier alpha value is -1.91. The first kappa shape index (κ1) is 16.0. The van der Waals surface area contributed by atoms with E-state index in [9.17, 15) is 8.42 Å². The molecule has 0 spiro atoms. The molecule has 0 amide bonds. The van der Waals surface area contributed by atoms with Crippen molar-refractivity contribution in [3.8, 4) is 0 Å². The first-order valence-electron chi connectivity index (χ1n) is 7.77. The van der Waals surface area contributed by atoms with Crippen LogP contribution in [0, 0.1) is 6.92 Å². The van der Waals surface area contributed by atoms with E-state index in [1.807, 2.05) is 62.4 Å². The van der Waals surface area contributed by atoms with Crippen molar-refractivity contribution in [2.24, 2.45) is 0 Å². The fourth-order valence-electron chi connectivity index (χ4n) is 2.94. The third kappa shape index (κ3) is 3.23. The maximum atomic E-state index is 13.0. The number of nitrogens with zero attached hydrogens (tertiary/aromatic N) is 1. The van der Waals surface area contributed by atoms with E-state index in [2.05, 4.69) is 0 Å². The van der Waals surface area contributed by atoms with Gasteiger partial charge in [0, 0.05) is 6.54 Å². The van der Waals surface area contributed by atoms with Gasteiger partial charge in [-0.15, -0.1) is 0 Å². The first-order chi connectivity index (χ1) is 11.0. The summed E-state index contributed by atoms with van der Waals surface area (Å²) in [5.74, 6) is 0. The van der Waals surface area contributed by atoms with Gasteiger partial charge in [-0.25, -0.2) is 8.42 Å². The molecular weight excluding hydrogens is 306 g/mol. The molecule has 3 nitrogen and oxygen atoms in total. The number of sulfonamides is 1. The van der Waals surface area contributed by atoms with Crippen LogP contribution in [0.3, 0.4) is 0 Å². The molecule has 1 aliphatic heterocycles. The largest absolute Gasteiger partial charge is 0.243 e. The van der Waals surface area contributed by atoms with Gasteiger partial charge in [0.2, 0.25) is 10.0 Å². The number of hydrogen-bond donors (Lipinski definition) is 0. The van der Waals surface area contributed by atoms with Gasteiger partial charge in [-0.3, -0.25) is 0 Å². The molecule has 0 bridgehead atoms. The van der Waals surface area contributed by atoms with Crippen molar-refractivity contribution >= 4 is 10.0 Å². The normalized spacial score (nSPS) is 18.9. The molecule has 3 rings (SSSR count). The summed E-state index contributed by atoms with van der Waals surface area (Å²) in [4.78, 5) is 0.365. The lowest BCUT2D eigenvalue weighted by atomic mass is 10.0. The van der Waals surface area contributed by atoms with Gasteiger partial charge in [0.1, 0.15) is 0 Å². The molecule has 23 heavy (non-hydrogen) atoms. The minimum atomic E-state index is -3.48. The molecule has 0 saturated heterocycles. The Morgan fingerprint density at radius 2 is 1.65 bits per heavy atom. The highest BCUT2D eigenvalue weighted by atomic mass is 32.2. The Labute approximate surface area is 138 Å². The Balaban J connectivity index is 1.90. The topological polar surface area (TPSA) is 37.4 Å². The summed E-state index contributed by atoms with van der Waals surface area (Å²) in [6.45, 7) is 4.41. The lowest BCUT2D eigenvalue weighted by molar-refractivity contribution is 0.399. The van der Waals surface area contributed by atoms with Gasteiger partial charge < -0.3 is 0 Å². The van der Waals surface area contributed by atoms with E-state index in [4.69, 9.17) is 0 Å². The van der Waals surface area contributed by atoms with Crippen LogP contribution in [0.4, 0.5) is 0 Å². The highest BCUT2D eigenvalue weighted by molar-refractivity contribution is 7.89. The van der Waals surface area contributed by atoms with Crippen LogP contribution in [0.5, 0.6) is 0 Å². The molecule has 1 aliphatic rings. The van der Waals surface area contributed by atoms with Crippen LogP contribution in [-0.2, 0) is 16.4 Å². The lowest BCUT2D eigenvalue weighted by Gasteiger charge is -2.26. The average Bonchev–Trinajstić information content (AvgIpc) is 2.90. The number of aryl methyl sites for hydroxylation is 1. The second-order valence-electron chi connectivity index (χ2n) is 6.04. The lowest BCUT2D eigenvalue weighted by Crippen LogP contribution is -2.38. The average molecular weight is 327 g/mol. The summed E-state index contributed by atoms with van der Waals surface area (Å²) in [5.41, 5.74) is 3.32. The molecule has 1 unspecified atom stereocenters. The molecule has 2 aromatic carbocycles. The molecule has 0 radical (unpaired) electrons. The van der Waals surface area contributed by atoms with Crippen molar-refractivity contribution in [2.45, 2.75) is 31.2 Å². The zero-order valence-electron chi connectivity index (χ0n) is 13.4. The maximum Gasteiger partial charge on any atom is 0.243 e. The van der Waals surface area contributed by atoms with Gasteiger partial charge in [-0.2, -0.15) is 4.31 Å². The fraction of sp³-hybridized carbons (Fsp3) is 0.263. The summed E-state index contributed by atoms with van der Waals surface area (Å²) < 4.78 is 27.6. The van der Waals surface area contributed by atoms with Crippen molar-refractivity contribution in [3.05, 3.63) is 77.4 Å². The minimum Gasteiger partial charge on any atom is -0.207 e. The van der Waals surface area contributed by atoms with E-state index in [1.165, 1.54) is 0 Å². The fourth-order valence-corrected chi connectivity index (χ4v) is 4.53. The van der Waals surface area contributed by atoms with Gasteiger partial charge in [0.25, 0.3) is 0 Å². The Bertz CT molecular complexity index is 808. The summed E-state index contributed by atoms with van der Waals surface area (Å²) in [6.07, 6.45) is 2.72. The predicted octanol–water partition coefficient (Wildman–Crippen LogP) is 3.56. The quantitative estimate of drug-likeness (QED) is 0.805. The standard InChI is InChI=1S/C19H21NO2S/c1-15-8-10-18(11-9-15)23(21,22)20-13-12-16(2)19(20)14-17-6-4-3-5-7-17/h3-12,19H,13-14H2,1-2H3. The molecule has 0 fully saturated rings. The van der Waals surface area contributed by atoms with E-state index in [-0.39, 0.29) is 6.04 Å². The van der Waals surface area contributed by atoms with Gasteiger partial charge in [0.15, 0.2) is 0 Å². The smallest absolute Gasteiger partial charge is 0.207 e. The Kier molecular flexibility index (Phi) is 4.37. The maximum absolute atomic E-state index is 13.0. The SMILES string of the molecule is CC1=CCN(S(=O)(=O)c2ccc(C)cc2)C1Cc1ccccc1. The third-order valence-corrected chi connectivity index (χ3v) is 6.25. The molecule has 0 saturated carbocycles. The van der Waals surface area contributed by atoms with Crippen molar-refractivity contribution < 1.29 is 8.42 Å². The van der Waals surface area contributed by atoms with Crippen LogP contribution >= 0.6 is 0 Å². The van der Waals surface area contributed by atoms with E-state index in [0.717, 1.165) is 16.7 Å². The van der Waals surface area contributed by atoms with Gasteiger partial charge in [0.05, 0.1) is 10.9 Å².